The van der Waals surface area contributed by atoms with E-state index in [4.69, 9.17) is 0 Å². The predicted molar refractivity (Wildman–Crippen MR) is 79.8 cm³/mol. The van der Waals surface area contributed by atoms with Crippen LogP contribution >= 0.6 is 0 Å². The normalized spacial score (nSPS) is 22.6. The van der Waals surface area contributed by atoms with Gasteiger partial charge in [0.15, 0.2) is 5.65 Å². The van der Waals surface area contributed by atoms with E-state index < -0.39 is 5.60 Å². The fourth-order valence-electron chi connectivity index (χ4n) is 2.57. The van der Waals surface area contributed by atoms with Crippen LogP contribution in [0.5, 0.6) is 0 Å². The van der Waals surface area contributed by atoms with Crippen LogP contribution in [0.25, 0.3) is 11.0 Å². The average molecular weight is 277 g/mol. The van der Waals surface area contributed by atoms with Gasteiger partial charge in [-0.1, -0.05) is 13.8 Å². The van der Waals surface area contributed by atoms with Crippen LogP contribution in [0.15, 0.2) is 6.20 Å². The Kier molecular flexibility index (Phi) is 4.23. The van der Waals surface area contributed by atoms with Gasteiger partial charge in [-0.15, -0.1) is 0 Å². The number of nitrogens with zero attached hydrogens (tertiary/aromatic N) is 4. The number of hydrogen-bond donors (Lipinski definition) is 2. The highest BCUT2D eigenvalue weighted by molar-refractivity contribution is 5.86. The maximum atomic E-state index is 10.2. The van der Waals surface area contributed by atoms with E-state index in [9.17, 15) is 5.11 Å². The van der Waals surface area contributed by atoms with Gasteiger partial charge < -0.3 is 10.0 Å². The Balaban J connectivity index is 0.000000704. The highest BCUT2D eigenvalue weighted by Crippen LogP contribution is 2.28. The van der Waals surface area contributed by atoms with Crippen LogP contribution < -0.4 is 4.90 Å². The number of anilines is 1. The third kappa shape index (κ3) is 2.90. The molecule has 0 amide bonds. The predicted octanol–water partition coefficient (Wildman–Crippen LogP) is 2.04. The topological polar surface area (TPSA) is 77.9 Å². The molecule has 0 radical (unpaired) electrons. The van der Waals surface area contributed by atoms with Crippen molar-refractivity contribution in [2.24, 2.45) is 0 Å². The molecule has 0 aliphatic carbocycles. The van der Waals surface area contributed by atoms with Crippen molar-refractivity contribution in [3.05, 3.63) is 12.0 Å². The number of aryl methyl sites for hydroxylation is 1. The van der Waals surface area contributed by atoms with Gasteiger partial charge in [0, 0.05) is 13.1 Å². The fraction of sp³-hybridized carbons (Fsp3) is 0.643. The lowest BCUT2D eigenvalue weighted by Gasteiger charge is -2.37. The first-order valence-corrected chi connectivity index (χ1v) is 7.20. The van der Waals surface area contributed by atoms with Crippen molar-refractivity contribution >= 4 is 16.9 Å². The number of aromatic nitrogens is 4. The summed E-state index contributed by atoms with van der Waals surface area (Å²) in [6, 6.07) is 0. The van der Waals surface area contributed by atoms with Crippen LogP contribution in [0.4, 0.5) is 5.82 Å². The van der Waals surface area contributed by atoms with E-state index in [-0.39, 0.29) is 0 Å². The minimum atomic E-state index is -0.646. The Labute approximate surface area is 119 Å². The number of hydrogen-bond acceptors (Lipinski definition) is 5. The summed E-state index contributed by atoms with van der Waals surface area (Å²) >= 11 is 0. The molecule has 2 N–H and O–H groups in total. The van der Waals surface area contributed by atoms with Gasteiger partial charge in [0.1, 0.15) is 11.6 Å². The smallest absolute Gasteiger partial charge is 0.161 e. The number of aromatic amines is 1. The quantitative estimate of drug-likeness (QED) is 0.834. The molecule has 2 aromatic rings. The SMILES string of the molecule is CC.Cc1nc(N2CCCC(C)(O)C2)c2cn[nH]c2n1. The zero-order valence-electron chi connectivity index (χ0n) is 12.6. The van der Waals surface area contributed by atoms with Crippen molar-refractivity contribution in [2.75, 3.05) is 18.0 Å². The van der Waals surface area contributed by atoms with Gasteiger partial charge in [0.2, 0.25) is 0 Å². The fourth-order valence-corrected chi connectivity index (χ4v) is 2.57. The minimum absolute atomic E-state index is 0.601. The third-order valence-corrected chi connectivity index (χ3v) is 3.38. The van der Waals surface area contributed by atoms with E-state index in [0.717, 1.165) is 36.2 Å². The van der Waals surface area contributed by atoms with Crippen molar-refractivity contribution < 1.29 is 5.11 Å². The molecule has 3 heterocycles. The summed E-state index contributed by atoms with van der Waals surface area (Å²) in [6.45, 7) is 9.25. The summed E-state index contributed by atoms with van der Waals surface area (Å²) in [5.41, 5.74) is 0.107. The summed E-state index contributed by atoms with van der Waals surface area (Å²) in [7, 11) is 0. The first-order valence-electron chi connectivity index (χ1n) is 7.20. The molecular formula is C14H23N5O. The number of rotatable bonds is 1. The van der Waals surface area contributed by atoms with E-state index in [0.29, 0.717) is 12.4 Å². The van der Waals surface area contributed by atoms with Crippen LogP contribution in [-0.4, -0.2) is 44.0 Å². The largest absolute Gasteiger partial charge is 0.388 e. The molecule has 20 heavy (non-hydrogen) atoms. The van der Waals surface area contributed by atoms with E-state index in [1.54, 1.807) is 6.20 Å². The molecular weight excluding hydrogens is 254 g/mol. The number of fused-ring (bicyclic) bond motifs is 1. The number of β-amino-alcohol motifs (C(OH)–C–C–N with tert-alkyl or cyclic N) is 1. The molecule has 0 aromatic carbocycles. The Morgan fingerprint density at radius 3 is 2.80 bits per heavy atom. The molecule has 3 rings (SSSR count). The number of piperidine rings is 1. The lowest BCUT2D eigenvalue weighted by molar-refractivity contribution is 0.0448. The van der Waals surface area contributed by atoms with Crippen molar-refractivity contribution in [3.8, 4) is 0 Å². The summed E-state index contributed by atoms with van der Waals surface area (Å²) in [5.74, 6) is 1.58. The first kappa shape index (κ1) is 14.7. The Hall–Kier alpha value is -1.69. The minimum Gasteiger partial charge on any atom is -0.388 e. The molecule has 1 aliphatic rings. The second kappa shape index (κ2) is 5.75. The molecule has 2 aromatic heterocycles. The summed E-state index contributed by atoms with van der Waals surface area (Å²) in [4.78, 5) is 10.9. The molecule has 0 spiro atoms. The molecule has 1 unspecified atom stereocenters. The van der Waals surface area contributed by atoms with Crippen LogP contribution in [0.2, 0.25) is 0 Å². The van der Waals surface area contributed by atoms with E-state index in [1.807, 2.05) is 27.7 Å². The average Bonchev–Trinajstić information content (AvgIpc) is 2.87. The van der Waals surface area contributed by atoms with Gasteiger partial charge >= 0.3 is 0 Å². The van der Waals surface area contributed by atoms with Crippen molar-refractivity contribution in [1.29, 1.82) is 0 Å². The molecule has 1 saturated heterocycles. The van der Waals surface area contributed by atoms with Crippen LogP contribution in [0.3, 0.4) is 0 Å². The van der Waals surface area contributed by atoms with E-state index in [1.165, 1.54) is 0 Å². The maximum Gasteiger partial charge on any atom is 0.161 e. The third-order valence-electron chi connectivity index (χ3n) is 3.38. The summed E-state index contributed by atoms with van der Waals surface area (Å²) in [6.07, 6.45) is 3.55. The molecule has 0 saturated carbocycles. The van der Waals surface area contributed by atoms with Gasteiger partial charge in [0.25, 0.3) is 0 Å². The summed E-state index contributed by atoms with van der Waals surface area (Å²) < 4.78 is 0. The summed E-state index contributed by atoms with van der Waals surface area (Å²) in [5, 5.41) is 18.0. The van der Waals surface area contributed by atoms with Crippen molar-refractivity contribution in [2.45, 2.75) is 46.1 Å². The molecule has 110 valence electrons. The van der Waals surface area contributed by atoms with Gasteiger partial charge in [-0.05, 0) is 26.7 Å². The second-order valence-corrected chi connectivity index (χ2v) is 5.25. The Morgan fingerprint density at radius 2 is 2.10 bits per heavy atom. The Morgan fingerprint density at radius 1 is 1.35 bits per heavy atom. The van der Waals surface area contributed by atoms with Crippen LogP contribution in [-0.2, 0) is 0 Å². The van der Waals surface area contributed by atoms with Crippen molar-refractivity contribution in [3.63, 3.8) is 0 Å². The molecule has 6 nitrogen and oxygen atoms in total. The Bertz CT molecular complexity index is 578. The van der Waals surface area contributed by atoms with Gasteiger partial charge in [-0.2, -0.15) is 5.10 Å². The van der Waals surface area contributed by atoms with Gasteiger partial charge in [-0.25, -0.2) is 9.97 Å². The van der Waals surface area contributed by atoms with E-state index in [2.05, 4.69) is 25.1 Å². The molecule has 1 aliphatic heterocycles. The highest BCUT2D eigenvalue weighted by atomic mass is 16.3. The number of H-pyrrole nitrogens is 1. The highest BCUT2D eigenvalue weighted by Gasteiger charge is 2.30. The molecule has 0 bridgehead atoms. The van der Waals surface area contributed by atoms with Gasteiger partial charge in [0.05, 0.1) is 17.2 Å². The van der Waals surface area contributed by atoms with Crippen LogP contribution in [0.1, 0.15) is 39.4 Å². The van der Waals surface area contributed by atoms with E-state index >= 15 is 0 Å². The second-order valence-electron chi connectivity index (χ2n) is 5.25. The number of nitrogens with one attached hydrogen (secondary N) is 1. The lowest BCUT2D eigenvalue weighted by atomic mass is 9.95. The lowest BCUT2D eigenvalue weighted by Crippen LogP contribution is -2.46. The first-order chi connectivity index (χ1) is 9.55. The van der Waals surface area contributed by atoms with Gasteiger partial charge in [-0.3, -0.25) is 5.10 Å². The standard InChI is InChI=1S/C12H17N5O.C2H6/c1-8-14-10-9(6-13-16-10)11(15-8)17-5-3-4-12(2,18)7-17;1-2/h6,18H,3-5,7H2,1-2H3,(H,13,14,15,16);1-2H3. The zero-order valence-corrected chi connectivity index (χ0v) is 12.6. The molecule has 6 heteroatoms. The monoisotopic (exact) mass is 277 g/mol. The number of aliphatic hydroxyl groups is 1. The molecule has 1 fully saturated rings. The maximum absolute atomic E-state index is 10.2. The van der Waals surface area contributed by atoms with Crippen molar-refractivity contribution in [1.82, 2.24) is 20.2 Å². The molecule has 1 atom stereocenters. The zero-order chi connectivity index (χ0) is 14.8. The van der Waals surface area contributed by atoms with Crippen LogP contribution in [0, 0.1) is 6.92 Å².